The summed E-state index contributed by atoms with van der Waals surface area (Å²) in [6, 6.07) is 5.26. The molecule has 1 aromatic carbocycles. The average molecular weight is 276 g/mol. The van der Waals surface area contributed by atoms with Crippen LogP contribution in [0.3, 0.4) is 0 Å². The van der Waals surface area contributed by atoms with Crippen molar-refractivity contribution in [2.24, 2.45) is 17.4 Å². The van der Waals surface area contributed by atoms with E-state index >= 15 is 0 Å². The molecule has 6 nitrogen and oxygen atoms in total. The number of hydrogen-bond donors (Lipinski definition) is 3. The van der Waals surface area contributed by atoms with Gasteiger partial charge in [-0.2, -0.15) is 0 Å². The lowest BCUT2D eigenvalue weighted by molar-refractivity contribution is -0.122. The molecule has 1 fully saturated rings. The van der Waals surface area contributed by atoms with Crippen molar-refractivity contribution in [2.45, 2.75) is 25.8 Å². The normalized spacial score (nSPS) is 22.6. The molecule has 0 spiro atoms. The Morgan fingerprint density at radius 3 is 2.50 bits per heavy atom. The standard InChI is InChI=1S/C14H20N4O2/c1-8-2-3-10(14(17)20)7-18(8)12-5-4-9(13(16)19)6-11(12)15/h4-6,8,10H,2-3,7,15H2,1H3,(H2,16,19)(H2,17,20). The Kier molecular flexibility index (Phi) is 3.83. The van der Waals surface area contributed by atoms with Crippen LogP contribution in [-0.2, 0) is 4.79 Å². The Labute approximate surface area is 117 Å². The van der Waals surface area contributed by atoms with Crippen molar-refractivity contribution in [1.82, 2.24) is 0 Å². The predicted molar refractivity (Wildman–Crippen MR) is 78.1 cm³/mol. The molecule has 6 N–H and O–H groups in total. The second-order valence-electron chi connectivity index (χ2n) is 5.32. The van der Waals surface area contributed by atoms with Gasteiger partial charge >= 0.3 is 0 Å². The van der Waals surface area contributed by atoms with E-state index in [1.54, 1.807) is 18.2 Å². The monoisotopic (exact) mass is 276 g/mol. The largest absolute Gasteiger partial charge is 0.397 e. The Hall–Kier alpha value is -2.24. The molecular weight excluding hydrogens is 256 g/mol. The van der Waals surface area contributed by atoms with E-state index in [2.05, 4.69) is 11.8 Å². The van der Waals surface area contributed by atoms with Crippen molar-refractivity contribution < 1.29 is 9.59 Å². The van der Waals surface area contributed by atoms with Crippen molar-refractivity contribution in [3.8, 4) is 0 Å². The van der Waals surface area contributed by atoms with Crippen LogP contribution in [0, 0.1) is 5.92 Å². The summed E-state index contributed by atoms with van der Waals surface area (Å²) in [5.74, 6) is -0.958. The first-order valence-electron chi connectivity index (χ1n) is 6.65. The molecule has 1 aliphatic rings. The molecule has 0 saturated carbocycles. The first kappa shape index (κ1) is 14.2. The van der Waals surface area contributed by atoms with Gasteiger partial charge in [0.25, 0.3) is 0 Å². The maximum atomic E-state index is 11.4. The number of hydrogen-bond acceptors (Lipinski definition) is 4. The van der Waals surface area contributed by atoms with Crippen LogP contribution in [-0.4, -0.2) is 24.4 Å². The first-order valence-corrected chi connectivity index (χ1v) is 6.65. The molecule has 2 amide bonds. The first-order chi connectivity index (χ1) is 9.40. The second kappa shape index (κ2) is 5.40. The summed E-state index contributed by atoms with van der Waals surface area (Å²) in [5.41, 5.74) is 18.3. The number of primary amides is 2. The summed E-state index contributed by atoms with van der Waals surface area (Å²) in [6.07, 6.45) is 1.68. The number of rotatable bonds is 3. The predicted octanol–water partition coefficient (Wildman–Crippen LogP) is 0.458. The van der Waals surface area contributed by atoms with Crippen LogP contribution in [0.1, 0.15) is 30.1 Å². The number of nitrogens with zero attached hydrogens (tertiary/aromatic N) is 1. The molecular formula is C14H20N4O2. The van der Waals surface area contributed by atoms with Crippen LogP contribution in [0.15, 0.2) is 18.2 Å². The van der Waals surface area contributed by atoms with Gasteiger partial charge in [-0.1, -0.05) is 0 Å². The van der Waals surface area contributed by atoms with Crippen LogP contribution in [0.4, 0.5) is 11.4 Å². The fraction of sp³-hybridized carbons (Fsp3) is 0.429. The topological polar surface area (TPSA) is 115 Å². The van der Waals surface area contributed by atoms with E-state index in [1.807, 2.05) is 0 Å². The Bertz CT molecular complexity index is 544. The molecule has 1 aromatic rings. The highest BCUT2D eigenvalue weighted by atomic mass is 16.1. The third-order valence-corrected chi connectivity index (χ3v) is 3.91. The van der Waals surface area contributed by atoms with Crippen LogP contribution < -0.4 is 22.1 Å². The summed E-state index contributed by atoms with van der Waals surface area (Å²) in [7, 11) is 0. The number of amides is 2. The Morgan fingerprint density at radius 2 is 1.95 bits per heavy atom. The lowest BCUT2D eigenvalue weighted by atomic mass is 9.92. The molecule has 2 rings (SSSR count). The van der Waals surface area contributed by atoms with E-state index in [4.69, 9.17) is 17.2 Å². The smallest absolute Gasteiger partial charge is 0.248 e. The van der Waals surface area contributed by atoms with Gasteiger partial charge < -0.3 is 22.1 Å². The Balaban J connectivity index is 2.29. The fourth-order valence-electron chi connectivity index (χ4n) is 2.64. The van der Waals surface area contributed by atoms with Gasteiger partial charge in [-0.05, 0) is 38.0 Å². The molecule has 6 heteroatoms. The minimum Gasteiger partial charge on any atom is -0.397 e. The Morgan fingerprint density at radius 1 is 1.25 bits per heavy atom. The second-order valence-corrected chi connectivity index (χ2v) is 5.32. The van der Waals surface area contributed by atoms with Gasteiger partial charge in [0.1, 0.15) is 0 Å². The van der Waals surface area contributed by atoms with Crippen molar-refractivity contribution in [3.05, 3.63) is 23.8 Å². The van der Waals surface area contributed by atoms with E-state index in [9.17, 15) is 9.59 Å². The van der Waals surface area contributed by atoms with Crippen LogP contribution >= 0.6 is 0 Å². The van der Waals surface area contributed by atoms with Crippen LogP contribution in [0.2, 0.25) is 0 Å². The maximum Gasteiger partial charge on any atom is 0.248 e. The molecule has 108 valence electrons. The summed E-state index contributed by atoms with van der Waals surface area (Å²) < 4.78 is 0. The molecule has 1 heterocycles. The van der Waals surface area contributed by atoms with Crippen molar-refractivity contribution in [3.63, 3.8) is 0 Å². The third-order valence-electron chi connectivity index (χ3n) is 3.91. The summed E-state index contributed by atoms with van der Waals surface area (Å²) in [6.45, 7) is 2.63. The molecule has 1 aliphatic heterocycles. The number of benzene rings is 1. The van der Waals surface area contributed by atoms with E-state index in [-0.39, 0.29) is 17.9 Å². The van der Waals surface area contributed by atoms with Crippen molar-refractivity contribution in [2.75, 3.05) is 17.2 Å². The zero-order valence-corrected chi connectivity index (χ0v) is 11.5. The lowest BCUT2D eigenvalue weighted by Gasteiger charge is -2.39. The molecule has 1 saturated heterocycles. The molecule has 0 aliphatic carbocycles. The number of anilines is 2. The van der Waals surface area contributed by atoms with E-state index in [0.717, 1.165) is 18.5 Å². The summed E-state index contributed by atoms with van der Waals surface area (Å²) in [5, 5.41) is 0. The molecule has 20 heavy (non-hydrogen) atoms. The molecule has 0 bridgehead atoms. The van der Waals surface area contributed by atoms with E-state index in [0.29, 0.717) is 17.8 Å². The van der Waals surface area contributed by atoms with Gasteiger partial charge in [-0.25, -0.2) is 0 Å². The molecule has 0 aromatic heterocycles. The van der Waals surface area contributed by atoms with Gasteiger partial charge in [0.15, 0.2) is 0 Å². The van der Waals surface area contributed by atoms with Crippen LogP contribution in [0.25, 0.3) is 0 Å². The number of nitrogen functional groups attached to an aromatic ring is 1. The van der Waals surface area contributed by atoms with Gasteiger partial charge in [0, 0.05) is 18.2 Å². The van der Waals surface area contributed by atoms with Crippen molar-refractivity contribution in [1.29, 1.82) is 0 Å². The highest BCUT2D eigenvalue weighted by Crippen LogP contribution is 2.32. The van der Waals surface area contributed by atoms with Crippen molar-refractivity contribution >= 4 is 23.2 Å². The zero-order valence-electron chi connectivity index (χ0n) is 11.5. The van der Waals surface area contributed by atoms with Gasteiger partial charge in [0.05, 0.1) is 17.3 Å². The minimum atomic E-state index is -0.509. The number of nitrogens with two attached hydrogens (primary N) is 3. The molecule has 0 radical (unpaired) electrons. The molecule has 2 atom stereocenters. The molecule has 2 unspecified atom stereocenters. The lowest BCUT2D eigenvalue weighted by Crippen LogP contribution is -2.46. The van der Waals surface area contributed by atoms with Gasteiger partial charge in [-0.15, -0.1) is 0 Å². The third kappa shape index (κ3) is 2.68. The van der Waals surface area contributed by atoms with E-state index in [1.165, 1.54) is 0 Å². The fourth-order valence-corrected chi connectivity index (χ4v) is 2.64. The van der Waals surface area contributed by atoms with Gasteiger partial charge in [-0.3, -0.25) is 9.59 Å². The summed E-state index contributed by atoms with van der Waals surface area (Å²) >= 11 is 0. The minimum absolute atomic E-state index is 0.165. The SMILES string of the molecule is CC1CCC(C(N)=O)CN1c1ccc(C(N)=O)cc1N. The number of carbonyl (C=O) groups is 2. The zero-order chi connectivity index (χ0) is 14.9. The summed E-state index contributed by atoms with van der Waals surface area (Å²) in [4.78, 5) is 24.6. The average Bonchev–Trinajstić information content (AvgIpc) is 2.39. The highest BCUT2D eigenvalue weighted by molar-refractivity contribution is 5.95. The maximum absolute atomic E-state index is 11.4. The number of carbonyl (C=O) groups excluding carboxylic acids is 2. The van der Waals surface area contributed by atoms with E-state index < -0.39 is 5.91 Å². The van der Waals surface area contributed by atoms with Crippen LogP contribution in [0.5, 0.6) is 0 Å². The van der Waals surface area contributed by atoms with Gasteiger partial charge in [0.2, 0.25) is 11.8 Å². The highest BCUT2D eigenvalue weighted by Gasteiger charge is 2.29. The number of piperidine rings is 1. The quantitative estimate of drug-likeness (QED) is 0.695.